The Labute approximate surface area is 104 Å². The molecule has 98 valence electrons. The largest absolute Gasteiger partial charge is 0.395 e. The molecule has 0 saturated heterocycles. The molecule has 7 nitrogen and oxygen atoms in total. The summed E-state index contributed by atoms with van der Waals surface area (Å²) in [6.07, 6.45) is 2.08. The summed E-state index contributed by atoms with van der Waals surface area (Å²) in [5.74, 6) is 0.675. The molecule has 0 atom stereocenters. The molecule has 2 rings (SSSR count). The Morgan fingerprint density at radius 2 is 2.28 bits per heavy atom. The number of unbranched alkanes of at least 4 members (excludes halogenated alkanes) is 1. The second-order valence-corrected chi connectivity index (χ2v) is 4.05. The van der Waals surface area contributed by atoms with Crippen LogP contribution in [0.2, 0.25) is 0 Å². The molecular weight excluding hydrogens is 234 g/mol. The minimum absolute atomic E-state index is 0.0592. The van der Waals surface area contributed by atoms with Crippen molar-refractivity contribution in [2.24, 2.45) is 0 Å². The molecular formula is C11H17N5O2. The SMILES string of the molecule is CCCCN(CCO)c1ccc2n[nH]c(=O)n2n1. The normalized spacial score (nSPS) is 11.0. The summed E-state index contributed by atoms with van der Waals surface area (Å²) in [5, 5.41) is 19.5. The molecule has 18 heavy (non-hydrogen) atoms. The van der Waals surface area contributed by atoms with Gasteiger partial charge in [0.05, 0.1) is 6.61 Å². The summed E-state index contributed by atoms with van der Waals surface area (Å²) in [6, 6.07) is 3.54. The first kappa shape index (κ1) is 12.6. The minimum atomic E-state index is -0.355. The molecule has 2 heterocycles. The highest BCUT2D eigenvalue weighted by Crippen LogP contribution is 2.11. The van der Waals surface area contributed by atoms with E-state index in [-0.39, 0.29) is 12.3 Å². The first-order valence-electron chi connectivity index (χ1n) is 6.06. The van der Waals surface area contributed by atoms with Crippen molar-refractivity contribution < 1.29 is 5.11 Å². The van der Waals surface area contributed by atoms with E-state index in [9.17, 15) is 4.79 Å². The smallest absolute Gasteiger partial charge is 0.364 e. The number of rotatable bonds is 6. The van der Waals surface area contributed by atoms with E-state index in [1.807, 2.05) is 4.90 Å². The number of nitrogens with zero attached hydrogens (tertiary/aromatic N) is 4. The number of hydrogen-bond donors (Lipinski definition) is 2. The Hall–Kier alpha value is -1.89. The third-order valence-electron chi connectivity index (χ3n) is 2.73. The highest BCUT2D eigenvalue weighted by molar-refractivity contribution is 5.44. The van der Waals surface area contributed by atoms with Crippen molar-refractivity contribution >= 4 is 11.5 Å². The van der Waals surface area contributed by atoms with E-state index in [1.165, 1.54) is 4.52 Å². The average Bonchev–Trinajstić information content (AvgIpc) is 2.76. The number of aliphatic hydroxyl groups is 1. The Bertz CT molecular complexity index is 562. The number of hydrogen-bond acceptors (Lipinski definition) is 5. The highest BCUT2D eigenvalue weighted by atomic mass is 16.3. The van der Waals surface area contributed by atoms with Gasteiger partial charge in [-0.15, -0.1) is 5.10 Å². The Morgan fingerprint density at radius 3 is 3.00 bits per heavy atom. The van der Waals surface area contributed by atoms with Gasteiger partial charge in [-0.3, -0.25) is 0 Å². The van der Waals surface area contributed by atoms with Crippen molar-refractivity contribution in [3.63, 3.8) is 0 Å². The Balaban J connectivity index is 2.30. The van der Waals surface area contributed by atoms with E-state index in [0.29, 0.717) is 18.0 Å². The van der Waals surface area contributed by atoms with Crippen LogP contribution < -0.4 is 10.6 Å². The summed E-state index contributed by atoms with van der Waals surface area (Å²) in [6.45, 7) is 3.48. The lowest BCUT2D eigenvalue weighted by Gasteiger charge is -2.22. The van der Waals surface area contributed by atoms with Gasteiger partial charge in [0.1, 0.15) is 5.82 Å². The standard InChI is InChI=1S/C11H17N5O2/c1-2-3-6-15(7-8-17)10-5-4-9-12-13-11(18)16(9)14-10/h4-5,17H,2-3,6-8H2,1H3,(H,13,18). The van der Waals surface area contributed by atoms with Crippen LogP contribution in [0, 0.1) is 0 Å². The van der Waals surface area contributed by atoms with Crippen molar-refractivity contribution in [1.29, 1.82) is 0 Å². The van der Waals surface area contributed by atoms with E-state index in [2.05, 4.69) is 22.2 Å². The fraction of sp³-hybridized carbons (Fsp3) is 0.545. The van der Waals surface area contributed by atoms with Crippen molar-refractivity contribution in [2.45, 2.75) is 19.8 Å². The van der Waals surface area contributed by atoms with Gasteiger partial charge < -0.3 is 10.0 Å². The molecule has 0 aliphatic carbocycles. The minimum Gasteiger partial charge on any atom is -0.395 e. The second kappa shape index (κ2) is 5.63. The molecule has 0 aromatic carbocycles. The highest BCUT2D eigenvalue weighted by Gasteiger charge is 2.09. The van der Waals surface area contributed by atoms with Crippen LogP contribution in [-0.2, 0) is 0 Å². The number of fused-ring (bicyclic) bond motifs is 1. The Morgan fingerprint density at radius 1 is 1.44 bits per heavy atom. The fourth-order valence-corrected chi connectivity index (χ4v) is 1.77. The fourth-order valence-electron chi connectivity index (χ4n) is 1.77. The molecule has 0 saturated carbocycles. The number of aliphatic hydroxyl groups excluding tert-OH is 1. The van der Waals surface area contributed by atoms with Gasteiger partial charge in [0.15, 0.2) is 5.65 Å². The van der Waals surface area contributed by atoms with Gasteiger partial charge in [0.25, 0.3) is 0 Å². The van der Waals surface area contributed by atoms with E-state index in [4.69, 9.17) is 5.11 Å². The summed E-state index contributed by atoms with van der Waals surface area (Å²) in [7, 11) is 0. The van der Waals surface area contributed by atoms with E-state index in [0.717, 1.165) is 19.4 Å². The number of H-pyrrole nitrogens is 1. The maximum absolute atomic E-state index is 11.4. The summed E-state index contributed by atoms with van der Waals surface area (Å²) < 4.78 is 1.23. The van der Waals surface area contributed by atoms with Crippen LogP contribution in [0.5, 0.6) is 0 Å². The van der Waals surface area contributed by atoms with Gasteiger partial charge >= 0.3 is 5.69 Å². The van der Waals surface area contributed by atoms with Crippen LogP contribution in [0.3, 0.4) is 0 Å². The third kappa shape index (κ3) is 2.51. The molecule has 0 bridgehead atoms. The summed E-state index contributed by atoms with van der Waals surface area (Å²) in [4.78, 5) is 13.4. The van der Waals surface area contributed by atoms with Gasteiger partial charge in [-0.25, -0.2) is 9.89 Å². The molecule has 2 aromatic rings. The van der Waals surface area contributed by atoms with Gasteiger partial charge in [-0.2, -0.15) is 9.61 Å². The second-order valence-electron chi connectivity index (χ2n) is 4.05. The molecule has 2 aromatic heterocycles. The Kier molecular flexibility index (Phi) is 3.93. The van der Waals surface area contributed by atoms with Crippen molar-refractivity contribution in [3.8, 4) is 0 Å². The molecule has 0 radical (unpaired) electrons. The summed E-state index contributed by atoms with van der Waals surface area (Å²) in [5.41, 5.74) is 0.134. The molecule has 0 unspecified atom stereocenters. The summed E-state index contributed by atoms with van der Waals surface area (Å²) >= 11 is 0. The maximum atomic E-state index is 11.4. The van der Waals surface area contributed by atoms with Crippen molar-refractivity contribution in [2.75, 3.05) is 24.6 Å². The zero-order valence-corrected chi connectivity index (χ0v) is 10.3. The zero-order chi connectivity index (χ0) is 13.0. The molecule has 0 spiro atoms. The van der Waals surface area contributed by atoms with E-state index >= 15 is 0 Å². The van der Waals surface area contributed by atoms with Gasteiger partial charge in [0, 0.05) is 13.1 Å². The van der Waals surface area contributed by atoms with Crippen LogP contribution in [0.15, 0.2) is 16.9 Å². The third-order valence-corrected chi connectivity index (χ3v) is 2.73. The van der Waals surface area contributed by atoms with Crippen LogP contribution >= 0.6 is 0 Å². The number of anilines is 1. The number of aromatic amines is 1. The number of aromatic nitrogens is 4. The van der Waals surface area contributed by atoms with Crippen LogP contribution in [0.1, 0.15) is 19.8 Å². The first-order chi connectivity index (χ1) is 8.76. The lowest BCUT2D eigenvalue weighted by atomic mass is 10.3. The molecule has 0 fully saturated rings. The predicted molar refractivity (Wildman–Crippen MR) is 67.8 cm³/mol. The van der Waals surface area contributed by atoms with Crippen LogP contribution in [-0.4, -0.2) is 44.6 Å². The molecule has 7 heteroatoms. The first-order valence-corrected chi connectivity index (χ1v) is 6.06. The topological polar surface area (TPSA) is 86.5 Å². The maximum Gasteiger partial charge on any atom is 0.364 e. The molecule has 0 amide bonds. The molecule has 0 aliphatic rings. The molecule has 2 N–H and O–H groups in total. The monoisotopic (exact) mass is 251 g/mol. The van der Waals surface area contributed by atoms with Gasteiger partial charge in [0.2, 0.25) is 0 Å². The van der Waals surface area contributed by atoms with Crippen LogP contribution in [0.4, 0.5) is 5.82 Å². The quantitative estimate of drug-likeness (QED) is 0.755. The average molecular weight is 251 g/mol. The van der Waals surface area contributed by atoms with Gasteiger partial charge in [-0.05, 0) is 18.6 Å². The number of nitrogens with one attached hydrogen (secondary N) is 1. The predicted octanol–water partition coefficient (Wildman–Crippen LogP) is 0.0164. The van der Waals surface area contributed by atoms with Crippen LogP contribution in [0.25, 0.3) is 5.65 Å². The van der Waals surface area contributed by atoms with Gasteiger partial charge in [-0.1, -0.05) is 13.3 Å². The zero-order valence-electron chi connectivity index (χ0n) is 10.3. The van der Waals surface area contributed by atoms with E-state index in [1.54, 1.807) is 12.1 Å². The molecule has 0 aliphatic heterocycles. The van der Waals surface area contributed by atoms with Crippen molar-refractivity contribution in [1.82, 2.24) is 19.8 Å². The van der Waals surface area contributed by atoms with E-state index < -0.39 is 0 Å². The lowest BCUT2D eigenvalue weighted by Crippen LogP contribution is -2.29. The van der Waals surface area contributed by atoms with Crippen molar-refractivity contribution in [3.05, 3.63) is 22.6 Å². The lowest BCUT2D eigenvalue weighted by molar-refractivity contribution is 0.301.